The van der Waals surface area contributed by atoms with Gasteiger partial charge in [0.05, 0.1) is 14.1 Å². The summed E-state index contributed by atoms with van der Waals surface area (Å²) in [6, 6.07) is 0. The highest BCUT2D eigenvalue weighted by Gasteiger charge is 2.05. The van der Waals surface area contributed by atoms with Crippen LogP contribution < -0.4 is 0 Å². The minimum absolute atomic E-state index is 0.227. The van der Waals surface area contributed by atoms with Crippen molar-refractivity contribution in [2.75, 3.05) is 14.1 Å². The van der Waals surface area contributed by atoms with E-state index in [0.29, 0.717) is 0 Å². The van der Waals surface area contributed by atoms with Gasteiger partial charge in [-0.25, -0.2) is 0 Å². The van der Waals surface area contributed by atoms with Gasteiger partial charge in [-0.15, -0.1) is 0 Å². The fraction of sp³-hybridized carbons (Fsp3) is 0.333. The molecule has 0 atom stereocenters. The van der Waals surface area contributed by atoms with E-state index >= 15 is 0 Å². The summed E-state index contributed by atoms with van der Waals surface area (Å²) >= 11 is 5.51. The van der Waals surface area contributed by atoms with E-state index in [4.69, 9.17) is 11.6 Å². The highest BCUT2D eigenvalue weighted by Crippen LogP contribution is 2.12. The Labute approximate surface area is 60.2 Å². The Balaban J connectivity index is 4.19. The minimum atomic E-state index is -0.604. The predicted molar refractivity (Wildman–Crippen MR) is 39.6 cm³/mol. The molecule has 0 aromatic carbocycles. The Kier molecular flexibility index (Phi) is 2.91. The molecule has 0 aliphatic heterocycles. The zero-order valence-electron chi connectivity index (χ0n) is 5.60. The lowest BCUT2D eigenvalue weighted by Gasteiger charge is -2.31. The Morgan fingerprint density at radius 2 is 2.11 bits per heavy atom. The van der Waals surface area contributed by atoms with Gasteiger partial charge >= 0.3 is 0 Å². The highest BCUT2D eigenvalue weighted by atomic mass is 35.5. The number of rotatable bonds is 2. The third kappa shape index (κ3) is 3.30. The van der Waals surface area contributed by atoms with Crippen LogP contribution in [0.2, 0.25) is 0 Å². The monoisotopic (exact) mass is 147 g/mol. The fourth-order valence-corrected chi connectivity index (χ4v) is 0.366. The van der Waals surface area contributed by atoms with Crippen LogP contribution in [0.5, 0.6) is 0 Å². The van der Waals surface area contributed by atoms with Crippen molar-refractivity contribution in [1.82, 2.24) is 0 Å². The number of quaternary nitrogens is 1. The van der Waals surface area contributed by atoms with Crippen molar-refractivity contribution < 1.29 is 4.65 Å². The van der Waals surface area contributed by atoms with Gasteiger partial charge in [-0.3, -0.25) is 0 Å². The van der Waals surface area contributed by atoms with Gasteiger partial charge in [0, 0.05) is 6.08 Å². The van der Waals surface area contributed by atoms with Crippen molar-refractivity contribution in [2.24, 2.45) is 0 Å². The molecule has 0 saturated carbocycles. The van der Waals surface area contributed by atoms with Gasteiger partial charge in [-0.05, 0) is 11.6 Å². The fourth-order valence-electron chi connectivity index (χ4n) is 0.277. The second-order valence-corrected chi connectivity index (χ2v) is 2.46. The number of hydrogen-bond donors (Lipinski definition) is 0. The molecule has 0 amide bonds. The van der Waals surface area contributed by atoms with Crippen molar-refractivity contribution in [2.45, 2.75) is 0 Å². The molecule has 0 aliphatic carbocycles. The third-order valence-corrected chi connectivity index (χ3v) is 1.30. The van der Waals surface area contributed by atoms with E-state index in [1.54, 1.807) is 0 Å². The van der Waals surface area contributed by atoms with Crippen LogP contribution in [0.15, 0.2) is 23.9 Å². The van der Waals surface area contributed by atoms with E-state index in [1.165, 1.54) is 26.2 Å². The van der Waals surface area contributed by atoms with Crippen molar-refractivity contribution in [1.29, 1.82) is 0 Å². The highest BCUT2D eigenvalue weighted by molar-refractivity contribution is 6.28. The average molecular weight is 148 g/mol. The Morgan fingerprint density at radius 1 is 1.67 bits per heavy atom. The molecule has 0 spiro atoms. The molecular weight excluding hydrogens is 138 g/mol. The first-order chi connectivity index (χ1) is 3.98. The average Bonchev–Trinajstić information content (AvgIpc) is 1.64. The molecule has 0 aromatic heterocycles. The van der Waals surface area contributed by atoms with Crippen LogP contribution >= 0.6 is 11.6 Å². The van der Waals surface area contributed by atoms with Gasteiger partial charge in [-0.2, -0.15) is 0 Å². The Morgan fingerprint density at radius 3 is 2.22 bits per heavy atom. The van der Waals surface area contributed by atoms with Crippen LogP contribution in [0.25, 0.3) is 0 Å². The largest absolute Gasteiger partial charge is 0.627 e. The predicted octanol–water partition coefficient (Wildman–Crippen LogP) is 1.83. The smallest absolute Gasteiger partial charge is 0.201 e. The lowest BCUT2D eigenvalue weighted by atomic mass is 10.6. The molecule has 0 bridgehead atoms. The number of hydroxylamine groups is 3. The summed E-state index contributed by atoms with van der Waals surface area (Å²) in [5.74, 6) is 0. The standard InChI is InChI=1S/C6H10ClNO/c1-4-5-6(7)8(2,3)9/h4-5H,1H2,2-3H3/b6-5-. The second-order valence-electron chi connectivity index (χ2n) is 2.08. The molecule has 3 heteroatoms. The van der Waals surface area contributed by atoms with Crippen LogP contribution in [0.3, 0.4) is 0 Å². The van der Waals surface area contributed by atoms with Gasteiger partial charge in [0.2, 0.25) is 5.16 Å². The molecule has 52 valence electrons. The molecule has 0 unspecified atom stereocenters. The maximum absolute atomic E-state index is 10.9. The van der Waals surface area contributed by atoms with Crippen LogP contribution in [-0.4, -0.2) is 18.7 Å². The minimum Gasteiger partial charge on any atom is -0.627 e. The molecule has 9 heavy (non-hydrogen) atoms. The third-order valence-electron chi connectivity index (χ3n) is 0.770. The Bertz CT molecular complexity index is 134. The van der Waals surface area contributed by atoms with Gasteiger partial charge in [-0.1, -0.05) is 12.7 Å². The first kappa shape index (κ1) is 8.69. The number of hydrogen-bond acceptors (Lipinski definition) is 1. The summed E-state index contributed by atoms with van der Waals surface area (Å²) in [5, 5.41) is 11.1. The normalized spacial score (nSPS) is 13.6. The maximum Gasteiger partial charge on any atom is 0.201 e. The first-order valence-electron chi connectivity index (χ1n) is 2.52. The van der Waals surface area contributed by atoms with Crippen LogP contribution in [0.4, 0.5) is 0 Å². The van der Waals surface area contributed by atoms with E-state index in [9.17, 15) is 5.21 Å². The SMILES string of the molecule is C=C/C=C(/Cl)[N+](C)(C)[O-]. The summed E-state index contributed by atoms with van der Waals surface area (Å²) in [4.78, 5) is 0. The van der Waals surface area contributed by atoms with Gasteiger partial charge < -0.3 is 9.85 Å². The van der Waals surface area contributed by atoms with E-state index in [0.717, 1.165) is 0 Å². The number of nitrogens with zero attached hydrogens (tertiary/aromatic N) is 1. The van der Waals surface area contributed by atoms with E-state index in [2.05, 4.69) is 6.58 Å². The van der Waals surface area contributed by atoms with Crippen LogP contribution in [-0.2, 0) is 0 Å². The van der Waals surface area contributed by atoms with Gasteiger partial charge in [0.1, 0.15) is 0 Å². The van der Waals surface area contributed by atoms with Crippen LogP contribution in [0.1, 0.15) is 0 Å². The molecule has 0 saturated heterocycles. The van der Waals surface area contributed by atoms with Crippen molar-refractivity contribution in [3.63, 3.8) is 0 Å². The van der Waals surface area contributed by atoms with Crippen LogP contribution in [0, 0.1) is 5.21 Å². The molecule has 0 rings (SSSR count). The quantitative estimate of drug-likeness (QED) is 0.253. The maximum atomic E-state index is 10.9. The van der Waals surface area contributed by atoms with Gasteiger partial charge in [0.25, 0.3) is 0 Å². The summed E-state index contributed by atoms with van der Waals surface area (Å²) in [7, 11) is 2.89. The topological polar surface area (TPSA) is 23.1 Å². The number of halogens is 1. The first-order valence-corrected chi connectivity index (χ1v) is 2.90. The lowest BCUT2D eigenvalue weighted by Crippen LogP contribution is -2.28. The summed E-state index contributed by atoms with van der Waals surface area (Å²) < 4.78 is -0.604. The summed E-state index contributed by atoms with van der Waals surface area (Å²) in [5.41, 5.74) is 0. The van der Waals surface area contributed by atoms with E-state index in [1.807, 2.05) is 0 Å². The zero-order chi connectivity index (χ0) is 7.49. The number of allylic oxidation sites excluding steroid dienone is 2. The molecule has 0 heterocycles. The molecular formula is C6H10ClNO. The zero-order valence-corrected chi connectivity index (χ0v) is 6.35. The van der Waals surface area contributed by atoms with Crippen molar-refractivity contribution in [3.05, 3.63) is 29.1 Å². The van der Waals surface area contributed by atoms with Gasteiger partial charge in [0.15, 0.2) is 0 Å². The molecule has 2 nitrogen and oxygen atoms in total. The van der Waals surface area contributed by atoms with Crippen molar-refractivity contribution in [3.8, 4) is 0 Å². The molecule has 0 aromatic rings. The van der Waals surface area contributed by atoms with E-state index < -0.39 is 4.65 Å². The Hall–Kier alpha value is -0.310. The summed E-state index contributed by atoms with van der Waals surface area (Å²) in [6.45, 7) is 3.40. The van der Waals surface area contributed by atoms with E-state index in [-0.39, 0.29) is 5.16 Å². The second kappa shape index (κ2) is 3.01. The van der Waals surface area contributed by atoms with Crippen molar-refractivity contribution >= 4 is 11.6 Å². The molecule has 0 aliphatic rings. The lowest BCUT2D eigenvalue weighted by molar-refractivity contribution is -0.792. The molecule has 0 N–H and O–H groups in total. The molecule has 0 fully saturated rings. The molecule has 0 radical (unpaired) electrons. The summed E-state index contributed by atoms with van der Waals surface area (Å²) in [6.07, 6.45) is 2.97.